The highest BCUT2D eigenvalue weighted by Crippen LogP contribution is 2.36. The third-order valence-corrected chi connectivity index (χ3v) is 4.73. The van der Waals surface area contributed by atoms with Gasteiger partial charge in [0.15, 0.2) is 0 Å². The summed E-state index contributed by atoms with van der Waals surface area (Å²) in [6, 6.07) is 9.02. The summed E-state index contributed by atoms with van der Waals surface area (Å²) in [7, 11) is 1.40. The number of ether oxygens (including phenoxy) is 1. The van der Waals surface area contributed by atoms with Crippen molar-refractivity contribution in [3.63, 3.8) is 0 Å². The Balaban J connectivity index is 2.35. The van der Waals surface area contributed by atoms with Gasteiger partial charge in [0, 0.05) is 15.2 Å². The second kappa shape index (κ2) is 6.12. The Kier molecular flexibility index (Phi) is 4.87. The van der Waals surface area contributed by atoms with Crippen LogP contribution in [0.1, 0.15) is 0 Å². The molecule has 0 N–H and O–H groups in total. The SMILES string of the molecule is O=S(=O)(Cl)c1ccc(Oc2ccc(Br)cc2Cl)c(Cl)c1. The highest BCUT2D eigenvalue weighted by molar-refractivity contribution is 9.10. The molecule has 0 amide bonds. The van der Waals surface area contributed by atoms with Gasteiger partial charge in [-0.1, -0.05) is 39.1 Å². The fourth-order valence-electron chi connectivity index (χ4n) is 1.39. The third-order valence-electron chi connectivity index (χ3n) is 2.30. The molecule has 8 heteroatoms. The van der Waals surface area contributed by atoms with Crippen LogP contribution in [0.2, 0.25) is 10.0 Å². The lowest BCUT2D eigenvalue weighted by Gasteiger charge is -2.10. The number of hydrogen-bond donors (Lipinski definition) is 0. The fourth-order valence-corrected chi connectivity index (χ4v) is 3.17. The van der Waals surface area contributed by atoms with Crippen molar-refractivity contribution < 1.29 is 13.2 Å². The first kappa shape index (κ1) is 15.9. The predicted octanol–water partition coefficient (Wildman–Crippen LogP) is 5.48. The average Bonchev–Trinajstić information content (AvgIpc) is 2.33. The van der Waals surface area contributed by atoms with E-state index in [4.69, 9.17) is 38.6 Å². The zero-order valence-corrected chi connectivity index (χ0v) is 14.3. The Morgan fingerprint density at radius 1 is 0.950 bits per heavy atom. The molecule has 0 aliphatic heterocycles. The molecule has 0 bridgehead atoms. The minimum Gasteiger partial charge on any atom is -0.454 e. The number of benzene rings is 2. The van der Waals surface area contributed by atoms with Gasteiger partial charge in [-0.3, -0.25) is 0 Å². The summed E-state index contributed by atoms with van der Waals surface area (Å²) in [5.41, 5.74) is 0. The number of halogens is 4. The zero-order valence-electron chi connectivity index (χ0n) is 9.61. The lowest BCUT2D eigenvalue weighted by atomic mass is 10.3. The molecule has 0 aliphatic carbocycles. The molecular formula is C12H6BrCl3O3S. The van der Waals surface area contributed by atoms with Crippen LogP contribution in [0.3, 0.4) is 0 Å². The molecule has 2 rings (SSSR count). The topological polar surface area (TPSA) is 43.4 Å². The molecule has 3 nitrogen and oxygen atoms in total. The van der Waals surface area contributed by atoms with E-state index in [1.165, 1.54) is 18.2 Å². The number of hydrogen-bond acceptors (Lipinski definition) is 3. The maximum atomic E-state index is 11.2. The summed E-state index contributed by atoms with van der Waals surface area (Å²) in [5, 5.41) is 0.509. The first-order valence-corrected chi connectivity index (χ1v) is 9.00. The smallest absolute Gasteiger partial charge is 0.261 e. The normalized spacial score (nSPS) is 11.4. The fraction of sp³-hybridized carbons (Fsp3) is 0. The minimum atomic E-state index is -3.83. The van der Waals surface area contributed by atoms with Crippen LogP contribution in [0.25, 0.3) is 0 Å². The van der Waals surface area contributed by atoms with Gasteiger partial charge in [-0.05, 0) is 36.4 Å². The van der Waals surface area contributed by atoms with Crippen molar-refractivity contribution in [2.24, 2.45) is 0 Å². The monoisotopic (exact) mass is 414 g/mol. The lowest BCUT2D eigenvalue weighted by molar-refractivity contribution is 0.482. The Morgan fingerprint density at radius 2 is 1.50 bits per heavy atom. The van der Waals surface area contributed by atoms with Gasteiger partial charge in [0.05, 0.1) is 14.9 Å². The molecule has 20 heavy (non-hydrogen) atoms. The van der Waals surface area contributed by atoms with Crippen molar-refractivity contribution in [2.45, 2.75) is 4.90 Å². The van der Waals surface area contributed by atoms with E-state index >= 15 is 0 Å². The lowest BCUT2D eigenvalue weighted by Crippen LogP contribution is -1.92. The standard InChI is InChI=1S/C12H6BrCl3O3S/c13-7-1-3-11(9(14)5-7)19-12-4-2-8(6-10(12)15)20(16,17)18/h1-6H. The van der Waals surface area contributed by atoms with Gasteiger partial charge in [0.25, 0.3) is 9.05 Å². The Bertz CT molecular complexity index is 763. The maximum absolute atomic E-state index is 11.2. The van der Waals surface area contributed by atoms with Crippen LogP contribution >= 0.6 is 49.8 Å². The van der Waals surface area contributed by atoms with E-state index in [2.05, 4.69) is 15.9 Å². The van der Waals surface area contributed by atoms with Crippen LogP contribution in [0.5, 0.6) is 11.5 Å². The summed E-state index contributed by atoms with van der Waals surface area (Å²) in [6.45, 7) is 0. The molecule has 0 saturated carbocycles. The highest BCUT2D eigenvalue weighted by atomic mass is 79.9. The average molecular weight is 417 g/mol. The van der Waals surface area contributed by atoms with Crippen LogP contribution < -0.4 is 4.74 Å². The first-order chi connectivity index (χ1) is 9.27. The van der Waals surface area contributed by atoms with Crippen LogP contribution in [0.4, 0.5) is 0 Å². The molecule has 0 aromatic heterocycles. The molecule has 106 valence electrons. The van der Waals surface area contributed by atoms with Gasteiger partial charge in [-0.25, -0.2) is 8.42 Å². The molecule has 2 aromatic carbocycles. The quantitative estimate of drug-likeness (QED) is 0.623. The first-order valence-electron chi connectivity index (χ1n) is 5.14. The molecule has 0 saturated heterocycles. The van der Waals surface area contributed by atoms with Crippen molar-refractivity contribution in [3.05, 3.63) is 50.9 Å². The second-order valence-corrected chi connectivity index (χ2v) is 8.00. The maximum Gasteiger partial charge on any atom is 0.261 e. The van der Waals surface area contributed by atoms with E-state index in [-0.39, 0.29) is 15.7 Å². The van der Waals surface area contributed by atoms with E-state index < -0.39 is 9.05 Å². The Morgan fingerprint density at radius 3 is 2.00 bits per heavy atom. The van der Waals surface area contributed by atoms with Crippen LogP contribution in [-0.2, 0) is 9.05 Å². The third kappa shape index (κ3) is 3.80. The van der Waals surface area contributed by atoms with E-state index in [1.807, 2.05) is 0 Å². The van der Waals surface area contributed by atoms with Crippen LogP contribution in [0.15, 0.2) is 45.8 Å². The van der Waals surface area contributed by atoms with Gasteiger partial charge in [-0.15, -0.1) is 0 Å². The predicted molar refractivity (Wildman–Crippen MR) is 83.7 cm³/mol. The molecular weight excluding hydrogens is 410 g/mol. The molecule has 0 unspecified atom stereocenters. The van der Waals surface area contributed by atoms with Crippen molar-refractivity contribution in [1.82, 2.24) is 0 Å². The van der Waals surface area contributed by atoms with Gasteiger partial charge in [-0.2, -0.15) is 0 Å². The zero-order chi connectivity index (χ0) is 14.9. The molecule has 0 atom stereocenters. The van der Waals surface area contributed by atoms with Gasteiger partial charge >= 0.3 is 0 Å². The number of rotatable bonds is 3. The van der Waals surface area contributed by atoms with E-state index in [0.717, 1.165) is 4.47 Å². The van der Waals surface area contributed by atoms with Crippen molar-refractivity contribution in [2.75, 3.05) is 0 Å². The van der Waals surface area contributed by atoms with Crippen LogP contribution in [-0.4, -0.2) is 8.42 Å². The molecule has 0 spiro atoms. The summed E-state index contributed by atoms with van der Waals surface area (Å²) in [4.78, 5) is -0.0987. The van der Waals surface area contributed by atoms with Gasteiger partial charge in [0.2, 0.25) is 0 Å². The molecule has 0 fully saturated rings. The van der Waals surface area contributed by atoms with Crippen molar-refractivity contribution in [3.8, 4) is 11.5 Å². The van der Waals surface area contributed by atoms with E-state index in [1.54, 1.807) is 18.2 Å². The molecule has 0 aliphatic rings. The summed E-state index contributed by atoms with van der Waals surface area (Å²) < 4.78 is 28.7. The van der Waals surface area contributed by atoms with E-state index in [0.29, 0.717) is 10.8 Å². The van der Waals surface area contributed by atoms with Crippen LogP contribution in [0, 0.1) is 0 Å². The van der Waals surface area contributed by atoms with Crippen molar-refractivity contribution >= 4 is 58.9 Å². The van der Waals surface area contributed by atoms with Gasteiger partial charge in [0.1, 0.15) is 11.5 Å². The second-order valence-electron chi connectivity index (χ2n) is 3.71. The Hall–Kier alpha value is -0.460. The summed E-state index contributed by atoms with van der Waals surface area (Å²) in [6.07, 6.45) is 0. The highest BCUT2D eigenvalue weighted by Gasteiger charge is 2.14. The Labute approximate surface area is 139 Å². The molecule has 2 aromatic rings. The summed E-state index contributed by atoms with van der Waals surface area (Å²) >= 11 is 15.3. The minimum absolute atomic E-state index is 0.0987. The van der Waals surface area contributed by atoms with Crippen molar-refractivity contribution in [1.29, 1.82) is 0 Å². The van der Waals surface area contributed by atoms with Gasteiger partial charge < -0.3 is 4.74 Å². The summed E-state index contributed by atoms with van der Waals surface area (Å²) in [5.74, 6) is 0.679. The molecule has 0 heterocycles. The van der Waals surface area contributed by atoms with E-state index in [9.17, 15) is 8.42 Å². The molecule has 0 radical (unpaired) electrons. The largest absolute Gasteiger partial charge is 0.454 e.